The van der Waals surface area contributed by atoms with Gasteiger partial charge in [-0.05, 0) is 26.7 Å². The smallest absolute Gasteiger partial charge is 0.248 e. The molecule has 1 saturated heterocycles. The van der Waals surface area contributed by atoms with Gasteiger partial charge in [0.2, 0.25) is 11.8 Å². The monoisotopic (exact) mass is 224 g/mol. The van der Waals surface area contributed by atoms with Gasteiger partial charge in [-0.25, -0.2) is 0 Å². The van der Waals surface area contributed by atoms with E-state index in [-0.39, 0.29) is 18.4 Å². The summed E-state index contributed by atoms with van der Waals surface area (Å²) in [5, 5.41) is 2.76. The molecule has 4 heteroatoms. The maximum atomic E-state index is 12.1. The zero-order valence-corrected chi connectivity index (χ0v) is 10.2. The molecule has 1 heterocycles. The molecule has 0 aromatic rings. The van der Waals surface area contributed by atoms with E-state index in [1.54, 1.807) is 11.8 Å². The maximum Gasteiger partial charge on any atom is 0.248 e. The van der Waals surface area contributed by atoms with Gasteiger partial charge in [0.25, 0.3) is 0 Å². The third-order valence-corrected chi connectivity index (χ3v) is 3.02. The molecule has 0 radical (unpaired) electrons. The highest BCUT2D eigenvalue weighted by atomic mass is 16.2. The van der Waals surface area contributed by atoms with E-state index in [2.05, 4.69) is 5.32 Å². The lowest BCUT2D eigenvalue weighted by atomic mass is 9.94. The third kappa shape index (κ3) is 2.62. The summed E-state index contributed by atoms with van der Waals surface area (Å²) < 4.78 is 0. The van der Waals surface area contributed by atoms with Crippen molar-refractivity contribution >= 4 is 11.8 Å². The SMILES string of the molecule is C/C=C/CCN1CC(=O)NC(C)(CC)C1=O. The van der Waals surface area contributed by atoms with E-state index in [1.807, 2.05) is 26.0 Å². The minimum atomic E-state index is -0.717. The van der Waals surface area contributed by atoms with Crippen LogP contribution >= 0.6 is 0 Å². The van der Waals surface area contributed by atoms with Crippen LogP contribution in [0.4, 0.5) is 0 Å². The van der Waals surface area contributed by atoms with Crippen molar-refractivity contribution in [3.05, 3.63) is 12.2 Å². The molecule has 0 spiro atoms. The first-order valence-electron chi connectivity index (χ1n) is 5.75. The summed E-state index contributed by atoms with van der Waals surface area (Å²) >= 11 is 0. The molecule has 0 bridgehead atoms. The predicted octanol–water partition coefficient (Wildman–Crippen LogP) is 1.08. The molecule has 4 nitrogen and oxygen atoms in total. The number of hydrogen-bond donors (Lipinski definition) is 1. The minimum Gasteiger partial charge on any atom is -0.340 e. The molecule has 0 saturated carbocycles. The summed E-state index contributed by atoms with van der Waals surface area (Å²) in [6.07, 6.45) is 5.38. The molecule has 0 aromatic heterocycles. The molecule has 1 aliphatic heterocycles. The van der Waals surface area contributed by atoms with Crippen LogP contribution in [-0.2, 0) is 9.59 Å². The van der Waals surface area contributed by atoms with Crippen LogP contribution in [0.15, 0.2) is 12.2 Å². The first-order valence-corrected chi connectivity index (χ1v) is 5.75. The fourth-order valence-electron chi connectivity index (χ4n) is 1.81. The molecule has 0 aromatic carbocycles. The number of rotatable bonds is 4. The van der Waals surface area contributed by atoms with Gasteiger partial charge < -0.3 is 10.2 Å². The number of nitrogens with one attached hydrogen (secondary N) is 1. The number of hydrogen-bond acceptors (Lipinski definition) is 2. The number of piperazine rings is 1. The second kappa shape index (κ2) is 5.14. The topological polar surface area (TPSA) is 49.4 Å². The molecule has 1 atom stereocenters. The molecule has 2 amide bonds. The van der Waals surface area contributed by atoms with Crippen molar-refractivity contribution in [1.82, 2.24) is 10.2 Å². The Bertz CT molecular complexity index is 312. The number of amides is 2. The van der Waals surface area contributed by atoms with E-state index in [0.717, 1.165) is 6.42 Å². The lowest BCUT2D eigenvalue weighted by Crippen LogP contribution is -2.65. The highest BCUT2D eigenvalue weighted by molar-refractivity contribution is 5.97. The number of carbonyl (C=O) groups excluding carboxylic acids is 2. The summed E-state index contributed by atoms with van der Waals surface area (Å²) in [4.78, 5) is 25.2. The van der Waals surface area contributed by atoms with Gasteiger partial charge in [-0.3, -0.25) is 9.59 Å². The van der Waals surface area contributed by atoms with Gasteiger partial charge in [0.1, 0.15) is 5.54 Å². The first-order chi connectivity index (χ1) is 7.53. The Morgan fingerprint density at radius 1 is 1.50 bits per heavy atom. The summed E-state index contributed by atoms with van der Waals surface area (Å²) in [7, 11) is 0. The highest BCUT2D eigenvalue weighted by Crippen LogP contribution is 2.17. The highest BCUT2D eigenvalue weighted by Gasteiger charge is 2.40. The molecule has 1 fully saturated rings. The number of nitrogens with zero attached hydrogens (tertiary/aromatic N) is 1. The summed E-state index contributed by atoms with van der Waals surface area (Å²) in [5.74, 6) is -0.0384. The predicted molar refractivity (Wildman–Crippen MR) is 62.8 cm³/mol. The van der Waals surface area contributed by atoms with E-state index >= 15 is 0 Å². The molecule has 1 unspecified atom stereocenters. The van der Waals surface area contributed by atoms with E-state index < -0.39 is 5.54 Å². The fraction of sp³-hybridized carbons (Fsp3) is 0.667. The van der Waals surface area contributed by atoms with Gasteiger partial charge in [-0.2, -0.15) is 0 Å². The lowest BCUT2D eigenvalue weighted by molar-refractivity contribution is -0.149. The van der Waals surface area contributed by atoms with Crippen LogP contribution in [0, 0.1) is 0 Å². The summed E-state index contributed by atoms with van der Waals surface area (Å²) in [6, 6.07) is 0. The largest absolute Gasteiger partial charge is 0.340 e. The lowest BCUT2D eigenvalue weighted by Gasteiger charge is -2.39. The number of carbonyl (C=O) groups is 2. The fourth-order valence-corrected chi connectivity index (χ4v) is 1.81. The Labute approximate surface area is 96.7 Å². The second-order valence-corrected chi connectivity index (χ2v) is 4.32. The van der Waals surface area contributed by atoms with Crippen LogP contribution in [0.2, 0.25) is 0 Å². The minimum absolute atomic E-state index is 0.0269. The van der Waals surface area contributed by atoms with Gasteiger partial charge in [0.15, 0.2) is 0 Å². The van der Waals surface area contributed by atoms with E-state index in [0.29, 0.717) is 13.0 Å². The molecule has 90 valence electrons. The Balaban J connectivity index is 2.70. The van der Waals surface area contributed by atoms with Crippen LogP contribution in [0.5, 0.6) is 0 Å². The van der Waals surface area contributed by atoms with E-state index in [4.69, 9.17) is 0 Å². The van der Waals surface area contributed by atoms with Crippen molar-refractivity contribution in [2.45, 2.75) is 39.2 Å². The van der Waals surface area contributed by atoms with Crippen molar-refractivity contribution in [2.75, 3.05) is 13.1 Å². The second-order valence-electron chi connectivity index (χ2n) is 4.32. The number of allylic oxidation sites excluding steroid dienone is 1. The van der Waals surface area contributed by atoms with Crippen molar-refractivity contribution in [2.24, 2.45) is 0 Å². The van der Waals surface area contributed by atoms with Crippen LogP contribution in [-0.4, -0.2) is 35.3 Å². The molecule has 1 N–H and O–H groups in total. The Morgan fingerprint density at radius 3 is 2.75 bits per heavy atom. The van der Waals surface area contributed by atoms with Gasteiger partial charge in [0.05, 0.1) is 6.54 Å². The average Bonchev–Trinajstić information content (AvgIpc) is 2.25. The zero-order valence-electron chi connectivity index (χ0n) is 10.2. The molecule has 1 rings (SSSR count). The third-order valence-electron chi connectivity index (χ3n) is 3.02. The Morgan fingerprint density at radius 2 is 2.19 bits per heavy atom. The van der Waals surface area contributed by atoms with Gasteiger partial charge in [0, 0.05) is 6.54 Å². The van der Waals surface area contributed by atoms with Gasteiger partial charge >= 0.3 is 0 Å². The van der Waals surface area contributed by atoms with Gasteiger partial charge in [-0.1, -0.05) is 19.1 Å². The maximum absolute atomic E-state index is 12.1. The summed E-state index contributed by atoms with van der Waals surface area (Å²) in [6.45, 7) is 6.45. The zero-order chi connectivity index (χ0) is 12.2. The van der Waals surface area contributed by atoms with Crippen LogP contribution in [0.3, 0.4) is 0 Å². The van der Waals surface area contributed by atoms with Crippen molar-refractivity contribution in [1.29, 1.82) is 0 Å². The van der Waals surface area contributed by atoms with Crippen LogP contribution < -0.4 is 5.32 Å². The molecule has 0 aliphatic carbocycles. The molecular weight excluding hydrogens is 204 g/mol. The molecule has 16 heavy (non-hydrogen) atoms. The summed E-state index contributed by atoms with van der Waals surface area (Å²) in [5.41, 5.74) is -0.717. The molecular formula is C12H20N2O2. The van der Waals surface area contributed by atoms with E-state index in [9.17, 15) is 9.59 Å². The average molecular weight is 224 g/mol. The molecule has 1 aliphatic rings. The quantitative estimate of drug-likeness (QED) is 0.726. The van der Waals surface area contributed by atoms with Crippen LogP contribution in [0.25, 0.3) is 0 Å². The Kier molecular flexibility index (Phi) is 4.10. The normalized spacial score (nSPS) is 26.3. The Hall–Kier alpha value is -1.32. The standard InChI is InChI=1S/C12H20N2O2/c1-4-6-7-8-14-9-10(15)13-12(3,5-2)11(14)16/h4,6H,5,7-9H2,1-3H3,(H,13,15)/b6-4+. The van der Waals surface area contributed by atoms with E-state index in [1.165, 1.54) is 0 Å². The van der Waals surface area contributed by atoms with Gasteiger partial charge in [-0.15, -0.1) is 0 Å². The first kappa shape index (κ1) is 12.7. The van der Waals surface area contributed by atoms with Crippen molar-refractivity contribution < 1.29 is 9.59 Å². The van der Waals surface area contributed by atoms with Crippen molar-refractivity contribution in [3.8, 4) is 0 Å². The van der Waals surface area contributed by atoms with Crippen LogP contribution in [0.1, 0.15) is 33.6 Å². The van der Waals surface area contributed by atoms with Crippen molar-refractivity contribution in [3.63, 3.8) is 0 Å².